The van der Waals surface area contributed by atoms with Crippen LogP contribution in [-0.2, 0) is 4.79 Å². The molecule has 2 rings (SSSR count). The highest BCUT2D eigenvalue weighted by molar-refractivity contribution is 6.30. The van der Waals surface area contributed by atoms with Gasteiger partial charge >= 0.3 is 0 Å². The first-order valence-corrected chi connectivity index (χ1v) is 10.7. The Labute approximate surface area is 180 Å². The van der Waals surface area contributed by atoms with E-state index >= 15 is 0 Å². The molecule has 0 aliphatic rings. The van der Waals surface area contributed by atoms with E-state index in [0.29, 0.717) is 18.6 Å². The average Bonchev–Trinajstić information content (AvgIpc) is 2.58. The minimum Gasteiger partial charge on any atom is -0.300 e. The maximum atomic E-state index is 13.2. The second kappa shape index (κ2) is 9.01. The highest BCUT2D eigenvalue weighted by Gasteiger charge is 2.32. The Bertz CT molecular complexity index is 710. The van der Waals surface area contributed by atoms with Crippen LogP contribution < -0.4 is 0 Å². The maximum Gasteiger partial charge on any atom is 0.134 e. The molecule has 0 heterocycles. The van der Waals surface area contributed by atoms with Crippen molar-refractivity contribution < 1.29 is 4.79 Å². The standard InChI is InChI=1S/C25H32Cl2O/c1-24(2,3)22(17-7-11-19(26)12-8-17)15-21(28)16-23(25(4,5)6)18-9-13-20(27)14-10-18/h7-14,22-23H,15-16H2,1-6H3. The summed E-state index contributed by atoms with van der Waals surface area (Å²) in [6.45, 7) is 13.2. The van der Waals surface area contributed by atoms with E-state index in [1.165, 1.54) is 11.1 Å². The number of rotatable bonds is 6. The number of halogens is 2. The van der Waals surface area contributed by atoms with Crippen molar-refractivity contribution in [1.82, 2.24) is 0 Å². The Kier molecular flexibility index (Phi) is 7.39. The van der Waals surface area contributed by atoms with Crippen LogP contribution in [0.2, 0.25) is 10.0 Å². The molecule has 3 heteroatoms. The largest absolute Gasteiger partial charge is 0.300 e. The van der Waals surface area contributed by atoms with Crippen LogP contribution in [0.1, 0.15) is 77.3 Å². The molecule has 0 saturated carbocycles. The summed E-state index contributed by atoms with van der Waals surface area (Å²) in [5.41, 5.74) is 2.32. The third kappa shape index (κ3) is 6.36. The lowest BCUT2D eigenvalue weighted by Gasteiger charge is -2.34. The van der Waals surface area contributed by atoms with Crippen molar-refractivity contribution in [2.75, 3.05) is 0 Å². The van der Waals surface area contributed by atoms with Crippen LogP contribution >= 0.6 is 23.2 Å². The summed E-state index contributed by atoms with van der Waals surface area (Å²) >= 11 is 12.1. The lowest BCUT2D eigenvalue weighted by molar-refractivity contribution is -0.121. The summed E-state index contributed by atoms with van der Waals surface area (Å²) in [4.78, 5) is 13.2. The fraction of sp³-hybridized carbons (Fsp3) is 0.480. The Morgan fingerprint density at radius 3 is 1.21 bits per heavy atom. The predicted octanol–water partition coefficient (Wildman–Crippen LogP) is 8.30. The molecular weight excluding hydrogens is 387 g/mol. The highest BCUT2D eigenvalue weighted by atomic mass is 35.5. The van der Waals surface area contributed by atoms with Crippen molar-refractivity contribution in [3.8, 4) is 0 Å². The van der Waals surface area contributed by atoms with E-state index in [9.17, 15) is 4.79 Å². The van der Waals surface area contributed by atoms with Crippen LogP contribution in [0.5, 0.6) is 0 Å². The first-order valence-electron chi connectivity index (χ1n) is 9.90. The Morgan fingerprint density at radius 1 is 0.679 bits per heavy atom. The minimum atomic E-state index is -0.0129. The number of hydrogen-bond donors (Lipinski definition) is 0. The average molecular weight is 419 g/mol. The van der Waals surface area contributed by atoms with Gasteiger partial charge in [-0.05, 0) is 58.1 Å². The van der Waals surface area contributed by atoms with Crippen LogP contribution in [0.3, 0.4) is 0 Å². The monoisotopic (exact) mass is 418 g/mol. The minimum absolute atomic E-state index is 0.0129. The molecule has 0 saturated heterocycles. The van der Waals surface area contributed by atoms with Gasteiger partial charge in [-0.2, -0.15) is 0 Å². The first-order chi connectivity index (χ1) is 12.9. The molecule has 28 heavy (non-hydrogen) atoms. The van der Waals surface area contributed by atoms with Crippen LogP contribution in [0.25, 0.3) is 0 Å². The molecule has 0 radical (unpaired) electrons. The molecule has 152 valence electrons. The topological polar surface area (TPSA) is 17.1 Å². The summed E-state index contributed by atoms with van der Waals surface area (Å²) in [5, 5.41) is 1.44. The van der Waals surface area contributed by atoms with Crippen LogP contribution in [0.4, 0.5) is 0 Å². The fourth-order valence-corrected chi connectivity index (χ4v) is 4.03. The van der Waals surface area contributed by atoms with Gasteiger partial charge in [0.15, 0.2) is 0 Å². The van der Waals surface area contributed by atoms with Crippen LogP contribution in [0.15, 0.2) is 48.5 Å². The van der Waals surface area contributed by atoms with E-state index in [2.05, 4.69) is 41.5 Å². The molecule has 0 spiro atoms. The van der Waals surface area contributed by atoms with Crippen LogP contribution in [-0.4, -0.2) is 5.78 Å². The fourth-order valence-electron chi connectivity index (χ4n) is 3.78. The SMILES string of the molecule is CC(C)(C)C(CC(=O)CC(c1ccc(Cl)cc1)C(C)(C)C)c1ccc(Cl)cc1. The smallest absolute Gasteiger partial charge is 0.134 e. The van der Waals surface area contributed by atoms with Crippen molar-refractivity contribution in [2.24, 2.45) is 10.8 Å². The number of Topliss-reactive ketones (excluding diaryl/α,β-unsaturated/α-hetero) is 1. The highest BCUT2D eigenvalue weighted by Crippen LogP contribution is 2.42. The molecule has 0 bridgehead atoms. The van der Waals surface area contributed by atoms with Gasteiger partial charge < -0.3 is 0 Å². The van der Waals surface area contributed by atoms with E-state index < -0.39 is 0 Å². The van der Waals surface area contributed by atoms with Gasteiger partial charge in [0, 0.05) is 22.9 Å². The molecule has 0 amide bonds. The summed E-state index contributed by atoms with van der Waals surface area (Å²) in [7, 11) is 0. The van der Waals surface area contributed by atoms with Gasteiger partial charge in [0.25, 0.3) is 0 Å². The van der Waals surface area contributed by atoms with E-state index in [1.54, 1.807) is 0 Å². The summed E-state index contributed by atoms with van der Waals surface area (Å²) in [5.74, 6) is 0.607. The number of carbonyl (C=O) groups is 1. The number of benzene rings is 2. The van der Waals surface area contributed by atoms with Gasteiger partial charge in [-0.1, -0.05) is 89.0 Å². The van der Waals surface area contributed by atoms with E-state index in [4.69, 9.17) is 23.2 Å². The molecule has 2 atom stereocenters. The van der Waals surface area contributed by atoms with Gasteiger partial charge in [-0.15, -0.1) is 0 Å². The molecule has 0 aliphatic heterocycles. The van der Waals surface area contributed by atoms with E-state index in [0.717, 1.165) is 10.0 Å². The zero-order valence-electron chi connectivity index (χ0n) is 17.9. The quantitative estimate of drug-likeness (QED) is 0.460. The third-order valence-corrected chi connectivity index (χ3v) is 6.00. The molecule has 2 unspecified atom stereocenters. The maximum absolute atomic E-state index is 13.2. The normalized spacial score (nSPS) is 14.6. The molecule has 0 aromatic heterocycles. The number of carbonyl (C=O) groups excluding carboxylic acids is 1. The lowest BCUT2D eigenvalue weighted by atomic mass is 9.70. The summed E-state index contributed by atoms with van der Waals surface area (Å²) < 4.78 is 0. The van der Waals surface area contributed by atoms with Gasteiger partial charge in [0.1, 0.15) is 5.78 Å². The van der Waals surface area contributed by atoms with Crippen molar-refractivity contribution >= 4 is 29.0 Å². The number of hydrogen-bond acceptors (Lipinski definition) is 1. The zero-order valence-corrected chi connectivity index (χ0v) is 19.4. The molecule has 2 aromatic rings. The third-order valence-electron chi connectivity index (χ3n) is 5.50. The molecule has 2 aromatic carbocycles. The van der Waals surface area contributed by atoms with Crippen molar-refractivity contribution in [3.63, 3.8) is 0 Å². The molecule has 0 aliphatic carbocycles. The van der Waals surface area contributed by atoms with E-state index in [1.807, 2.05) is 48.5 Å². The Morgan fingerprint density at radius 2 is 0.964 bits per heavy atom. The molecule has 0 fully saturated rings. The van der Waals surface area contributed by atoms with Crippen molar-refractivity contribution in [2.45, 2.75) is 66.2 Å². The van der Waals surface area contributed by atoms with Gasteiger partial charge in [-0.3, -0.25) is 4.79 Å². The zero-order chi connectivity index (χ0) is 21.1. The Balaban J connectivity index is 2.23. The van der Waals surface area contributed by atoms with Gasteiger partial charge in [-0.25, -0.2) is 0 Å². The predicted molar refractivity (Wildman–Crippen MR) is 122 cm³/mol. The molecule has 1 nitrogen and oxygen atoms in total. The van der Waals surface area contributed by atoms with Gasteiger partial charge in [0.2, 0.25) is 0 Å². The second-order valence-electron chi connectivity index (χ2n) is 9.89. The molecular formula is C25H32Cl2O. The Hall–Kier alpha value is -1.31. The summed E-state index contributed by atoms with van der Waals surface area (Å²) in [6, 6.07) is 15.8. The van der Waals surface area contributed by atoms with Gasteiger partial charge in [0.05, 0.1) is 0 Å². The van der Waals surface area contributed by atoms with Crippen molar-refractivity contribution in [3.05, 3.63) is 69.7 Å². The van der Waals surface area contributed by atoms with Crippen molar-refractivity contribution in [1.29, 1.82) is 0 Å². The molecule has 0 N–H and O–H groups in total. The number of ketones is 1. The summed E-state index contributed by atoms with van der Waals surface area (Å²) in [6.07, 6.45) is 1.07. The van der Waals surface area contributed by atoms with E-state index in [-0.39, 0.29) is 22.7 Å². The van der Waals surface area contributed by atoms with Crippen LogP contribution in [0, 0.1) is 10.8 Å². The first kappa shape index (κ1) is 23.0. The second-order valence-corrected chi connectivity index (χ2v) is 10.8. The lowest BCUT2D eigenvalue weighted by Crippen LogP contribution is -2.25.